The maximum absolute atomic E-state index is 13.6. The number of carbonyl (C=O) groups is 1. The minimum Gasteiger partial charge on any atom is -0.352 e. The van der Waals surface area contributed by atoms with Gasteiger partial charge in [-0.1, -0.05) is 30.3 Å². The highest BCUT2D eigenvalue weighted by Gasteiger charge is 2.27. The van der Waals surface area contributed by atoms with Gasteiger partial charge < -0.3 is 14.7 Å². The summed E-state index contributed by atoms with van der Waals surface area (Å²) in [5.74, 6) is 1.21. The van der Waals surface area contributed by atoms with Gasteiger partial charge in [-0.15, -0.1) is 0 Å². The number of carbonyl (C=O) groups excluding carboxylic acids is 1. The third-order valence-electron chi connectivity index (χ3n) is 6.24. The number of piperazine rings is 1. The zero-order valence-electron chi connectivity index (χ0n) is 20.1. The molecule has 3 heterocycles. The number of aryl methyl sites for hydroxylation is 1. The van der Waals surface area contributed by atoms with E-state index in [0.717, 1.165) is 28.1 Å². The van der Waals surface area contributed by atoms with E-state index in [1.165, 1.54) is 12.1 Å². The maximum Gasteiger partial charge on any atom is 0.319 e. The Bertz CT molecular complexity index is 1340. The van der Waals surface area contributed by atoms with Crippen molar-refractivity contribution in [2.75, 3.05) is 45.2 Å². The lowest BCUT2D eigenvalue weighted by Gasteiger charge is -2.36. The van der Waals surface area contributed by atoms with Gasteiger partial charge in [0.05, 0.1) is 16.8 Å². The molecule has 0 aliphatic carbocycles. The van der Waals surface area contributed by atoms with Crippen molar-refractivity contribution in [1.82, 2.24) is 29.5 Å². The SMILES string of the molecule is Cc1nn(-c2ccc(F)cc2)c2nc(Cc3ccccc3)nc(N3CCN(C(=O)N(C)C)CC3)c12. The average molecular weight is 474 g/mol. The average Bonchev–Trinajstić information content (AvgIpc) is 3.20. The first-order valence-corrected chi connectivity index (χ1v) is 11.7. The van der Waals surface area contributed by atoms with Crippen molar-refractivity contribution in [2.45, 2.75) is 13.3 Å². The number of fused-ring (bicyclic) bond motifs is 1. The number of anilines is 1. The summed E-state index contributed by atoms with van der Waals surface area (Å²) in [6.45, 7) is 4.50. The topological polar surface area (TPSA) is 70.4 Å². The molecule has 0 saturated carbocycles. The van der Waals surface area contributed by atoms with Crippen LogP contribution in [0.2, 0.25) is 0 Å². The quantitative estimate of drug-likeness (QED) is 0.453. The maximum atomic E-state index is 13.6. The van der Waals surface area contributed by atoms with Crippen LogP contribution >= 0.6 is 0 Å². The normalized spacial score (nSPS) is 13.9. The molecule has 180 valence electrons. The second-order valence-electron chi connectivity index (χ2n) is 8.95. The van der Waals surface area contributed by atoms with E-state index in [2.05, 4.69) is 17.0 Å². The molecule has 1 aliphatic rings. The predicted molar refractivity (Wildman–Crippen MR) is 133 cm³/mol. The number of benzene rings is 2. The van der Waals surface area contributed by atoms with Crippen molar-refractivity contribution in [3.8, 4) is 5.69 Å². The van der Waals surface area contributed by atoms with Crippen LogP contribution in [0.25, 0.3) is 16.7 Å². The van der Waals surface area contributed by atoms with Gasteiger partial charge in [-0.2, -0.15) is 5.10 Å². The van der Waals surface area contributed by atoms with E-state index in [1.807, 2.05) is 30.0 Å². The highest BCUT2D eigenvalue weighted by Crippen LogP contribution is 2.30. The second kappa shape index (κ2) is 9.32. The first-order chi connectivity index (χ1) is 16.9. The smallest absolute Gasteiger partial charge is 0.319 e. The van der Waals surface area contributed by atoms with Gasteiger partial charge >= 0.3 is 6.03 Å². The first-order valence-electron chi connectivity index (χ1n) is 11.7. The number of hydrogen-bond acceptors (Lipinski definition) is 5. The lowest BCUT2D eigenvalue weighted by molar-refractivity contribution is 0.168. The standard InChI is InChI=1S/C26H28FN7O/c1-18-23-24(32-13-15-33(16-14-32)26(35)31(2)3)28-22(17-19-7-5-4-6-8-19)29-25(23)34(30-18)21-11-9-20(27)10-12-21/h4-12H,13-17H2,1-3H3. The molecule has 35 heavy (non-hydrogen) atoms. The fourth-order valence-electron chi connectivity index (χ4n) is 4.45. The van der Waals surface area contributed by atoms with Crippen molar-refractivity contribution < 1.29 is 9.18 Å². The second-order valence-corrected chi connectivity index (χ2v) is 8.95. The van der Waals surface area contributed by atoms with Crippen LogP contribution in [0.15, 0.2) is 54.6 Å². The van der Waals surface area contributed by atoms with Crippen LogP contribution in [0.5, 0.6) is 0 Å². The number of halogens is 1. The van der Waals surface area contributed by atoms with Gasteiger partial charge in [-0.25, -0.2) is 23.8 Å². The molecule has 0 spiro atoms. The Kier molecular flexibility index (Phi) is 6.07. The van der Waals surface area contributed by atoms with Crippen LogP contribution in [-0.2, 0) is 6.42 Å². The molecule has 0 N–H and O–H groups in total. The number of urea groups is 1. The number of hydrogen-bond donors (Lipinski definition) is 0. The molecule has 4 aromatic rings. The van der Waals surface area contributed by atoms with Crippen molar-refractivity contribution >= 4 is 22.9 Å². The van der Waals surface area contributed by atoms with Crippen molar-refractivity contribution in [3.05, 3.63) is 77.5 Å². The number of aromatic nitrogens is 4. The Labute approximate surface area is 203 Å². The summed E-state index contributed by atoms with van der Waals surface area (Å²) in [4.78, 5) is 28.0. The van der Waals surface area contributed by atoms with Crippen molar-refractivity contribution in [3.63, 3.8) is 0 Å². The summed E-state index contributed by atoms with van der Waals surface area (Å²) < 4.78 is 15.3. The van der Waals surface area contributed by atoms with Crippen LogP contribution in [0.3, 0.4) is 0 Å². The molecule has 0 radical (unpaired) electrons. The zero-order valence-corrected chi connectivity index (χ0v) is 20.1. The van der Waals surface area contributed by atoms with Gasteiger partial charge in [0.1, 0.15) is 17.5 Å². The summed E-state index contributed by atoms with van der Waals surface area (Å²) in [5.41, 5.74) is 3.35. The summed E-state index contributed by atoms with van der Waals surface area (Å²) in [5, 5.41) is 5.63. The van der Waals surface area contributed by atoms with Crippen molar-refractivity contribution in [1.29, 1.82) is 0 Å². The monoisotopic (exact) mass is 473 g/mol. The third kappa shape index (κ3) is 4.53. The molecule has 8 nitrogen and oxygen atoms in total. The van der Waals surface area contributed by atoms with Gasteiger partial charge in [0.25, 0.3) is 0 Å². The molecule has 2 amide bonds. The first kappa shape index (κ1) is 22.8. The minimum absolute atomic E-state index is 0.0163. The fourth-order valence-corrected chi connectivity index (χ4v) is 4.45. The Morgan fingerprint density at radius 2 is 1.66 bits per heavy atom. The number of nitrogens with zero attached hydrogens (tertiary/aromatic N) is 7. The molecule has 2 aromatic heterocycles. The molecule has 2 aromatic carbocycles. The summed E-state index contributed by atoms with van der Waals surface area (Å²) in [6.07, 6.45) is 0.580. The molecule has 0 unspecified atom stereocenters. The van der Waals surface area contributed by atoms with E-state index in [9.17, 15) is 9.18 Å². The Morgan fingerprint density at radius 1 is 0.971 bits per heavy atom. The van der Waals surface area contributed by atoms with Gasteiger partial charge in [0.2, 0.25) is 0 Å². The molecular formula is C26H28FN7O. The van der Waals surface area contributed by atoms with Crippen LogP contribution < -0.4 is 4.90 Å². The van der Waals surface area contributed by atoms with E-state index in [1.54, 1.807) is 35.8 Å². The van der Waals surface area contributed by atoms with Crippen LogP contribution in [0.1, 0.15) is 17.1 Å². The molecule has 0 bridgehead atoms. The third-order valence-corrected chi connectivity index (χ3v) is 6.24. The van der Waals surface area contributed by atoms with Gasteiger partial charge in [-0.3, -0.25) is 0 Å². The zero-order chi connectivity index (χ0) is 24.5. The lowest BCUT2D eigenvalue weighted by atomic mass is 10.1. The van der Waals surface area contributed by atoms with Gasteiger partial charge in [0.15, 0.2) is 5.65 Å². The Balaban J connectivity index is 1.58. The van der Waals surface area contributed by atoms with Crippen LogP contribution in [0, 0.1) is 12.7 Å². The molecule has 9 heteroatoms. The predicted octanol–water partition coefficient (Wildman–Crippen LogP) is 3.66. The molecule has 1 fully saturated rings. The fraction of sp³-hybridized carbons (Fsp3) is 0.308. The van der Waals surface area contributed by atoms with E-state index < -0.39 is 0 Å². The van der Waals surface area contributed by atoms with E-state index in [-0.39, 0.29) is 11.8 Å². The Hall–Kier alpha value is -4.01. The molecule has 1 saturated heterocycles. The van der Waals surface area contributed by atoms with E-state index >= 15 is 0 Å². The minimum atomic E-state index is -0.299. The summed E-state index contributed by atoms with van der Waals surface area (Å²) >= 11 is 0. The van der Waals surface area contributed by atoms with Gasteiger partial charge in [0, 0.05) is 46.7 Å². The highest BCUT2D eigenvalue weighted by molar-refractivity contribution is 5.91. The lowest BCUT2D eigenvalue weighted by Crippen LogP contribution is -2.51. The number of amides is 2. The van der Waals surface area contributed by atoms with Crippen molar-refractivity contribution in [2.24, 2.45) is 0 Å². The van der Waals surface area contributed by atoms with E-state index in [0.29, 0.717) is 44.1 Å². The Morgan fingerprint density at radius 3 is 2.31 bits per heavy atom. The largest absolute Gasteiger partial charge is 0.352 e. The summed E-state index contributed by atoms with van der Waals surface area (Å²) in [6, 6.07) is 16.4. The van der Waals surface area contributed by atoms with Gasteiger partial charge in [-0.05, 0) is 36.8 Å². The number of rotatable bonds is 4. The molecular weight excluding hydrogens is 445 g/mol. The molecule has 0 atom stereocenters. The van der Waals surface area contributed by atoms with E-state index in [4.69, 9.17) is 15.1 Å². The molecule has 5 rings (SSSR count). The van der Waals surface area contributed by atoms with Crippen LogP contribution in [0.4, 0.5) is 15.0 Å². The van der Waals surface area contributed by atoms with Crippen LogP contribution in [-0.4, -0.2) is 75.9 Å². The molecule has 1 aliphatic heterocycles. The summed E-state index contributed by atoms with van der Waals surface area (Å²) in [7, 11) is 3.54. The highest BCUT2D eigenvalue weighted by atomic mass is 19.1.